The zero-order valence-corrected chi connectivity index (χ0v) is 111. The van der Waals surface area contributed by atoms with Crippen LogP contribution in [0.2, 0.25) is 373 Å². The van der Waals surface area contributed by atoms with Crippen LogP contribution in [0.1, 0.15) is 0 Å². The molecule has 0 N–H and O–H groups in total. The lowest BCUT2D eigenvalue weighted by atomic mass is 11.8. The fourth-order valence-corrected chi connectivity index (χ4v) is 155. The minimum absolute atomic E-state index is 1.28. The predicted molar refractivity (Wildman–Crippen MR) is 527 cm³/mol. The summed E-state index contributed by atoms with van der Waals surface area (Å²) >= 11 is 0. The normalized spacial score (nSPS) is 16.2. The van der Waals surface area contributed by atoms with Crippen LogP contribution in [0, 0.1) is 0 Å². The first-order valence-electron chi connectivity index (χ1n) is 39.9. The molecule has 0 heterocycles. The molecule has 0 saturated carbocycles. The summed E-state index contributed by atoms with van der Waals surface area (Å²) in [6.45, 7) is 117. The third-order valence-electron chi connectivity index (χ3n) is 13.3. The van der Waals surface area contributed by atoms with Gasteiger partial charge in [-0.2, -0.15) is 0 Å². The maximum Gasteiger partial charge on any atom is 0.358 e. The van der Waals surface area contributed by atoms with Crippen LogP contribution in [-0.4, -0.2) is 240 Å². The van der Waals surface area contributed by atoms with Crippen LogP contribution in [0.3, 0.4) is 0 Å². The van der Waals surface area contributed by atoms with E-state index < -0.39 is 240 Å². The first-order chi connectivity index (χ1) is 48.3. The number of rotatable bonds is 55. The average molecular weight is 2090 g/mol. The van der Waals surface area contributed by atoms with Gasteiger partial charge in [-0.3, -0.25) is 9.15 Å². The van der Waals surface area contributed by atoms with Crippen LogP contribution in [0.4, 0.5) is 0 Å². The first-order valence-corrected chi connectivity index (χ1v) is 119. The van der Waals surface area contributed by atoms with Gasteiger partial charge in [0.15, 0.2) is 9.04 Å². The van der Waals surface area contributed by atoms with Crippen LogP contribution in [0.15, 0.2) is 0 Å². The fraction of sp³-hybridized carbons (Fsp3) is 1.00. The lowest BCUT2D eigenvalue weighted by molar-refractivity contribution is -0.138. The Morgan fingerprint density at radius 1 is 0.106 bits per heavy atom. The summed E-state index contributed by atoms with van der Waals surface area (Å²) in [5.41, 5.74) is 0. The molecule has 0 aromatic carbocycles. The maximum absolute atomic E-state index is 7.01. The zero-order chi connectivity index (χ0) is 90.9. The summed E-state index contributed by atoms with van der Waals surface area (Å²) < 4.78 is 191. The SMILES string of the molecule is C[SiH](C)O[Si](C)(C)O[Si](C)(C)O[Si](C)(C)O[Si](C)(C)O[Si](C)(C)O[Si](C)(C)O[Si](C)(C)O[Si](C)(C)O[Si](C)(C)O[Si](C)(C)O[Si](C)(C)O[Si](C)(C)O[Si](C)(C)O[Si](C)(C)O[Si](C)(C)O[Si](C)(C)O[Si](C)(C)O[Si](C)(C)O[Si](C)(C)O[Si](C)(C)O[Si](C)(C)O[Si](C)(C)O[Si](C)(C)O[Si](C)(C)O[Si](C)(C)O[Si](C)(C)OO[Si](C)(C)C. The van der Waals surface area contributed by atoms with Gasteiger partial charge in [-0.15, -0.1) is 0 Å². The van der Waals surface area contributed by atoms with Crippen LogP contribution in [0.25, 0.3) is 0 Å². The van der Waals surface area contributed by atoms with Gasteiger partial charge in [0.25, 0.3) is 0 Å². The topological polar surface area (TPSA) is 258 Å². The highest BCUT2D eigenvalue weighted by Gasteiger charge is 2.57. The number of hydrogen-bond acceptors (Lipinski definition) is 28. The van der Waals surface area contributed by atoms with Crippen molar-refractivity contribution >= 4 is 240 Å². The van der Waals surface area contributed by atoms with Crippen molar-refractivity contribution in [3.05, 3.63) is 0 Å². The van der Waals surface area contributed by atoms with Crippen molar-refractivity contribution in [3.63, 3.8) is 0 Å². The second kappa shape index (κ2) is 40.1. The molecule has 0 atom stereocenters. The third kappa shape index (κ3) is 55.4. The van der Waals surface area contributed by atoms with Gasteiger partial charge >= 0.3 is 223 Å². The molecule has 0 aliphatic rings. The second-order valence-corrected chi connectivity index (χ2v) is 143. The van der Waals surface area contributed by atoms with E-state index >= 15 is 0 Å². The van der Waals surface area contributed by atoms with Gasteiger partial charge in [-0.05, 0) is 373 Å². The maximum atomic E-state index is 7.01. The Kier molecular flexibility index (Phi) is 41.9. The van der Waals surface area contributed by atoms with Crippen LogP contribution >= 0.6 is 0 Å². The molecule has 0 aromatic heterocycles. The predicted octanol–water partition coefficient (Wildman–Crippen LogP) is 20.4. The molecule has 680 valence electrons. The highest BCUT2D eigenvalue weighted by atomic mass is 28.6. The minimum atomic E-state index is -2.93. The van der Waals surface area contributed by atoms with E-state index in [0.29, 0.717) is 0 Å². The molecule has 0 unspecified atom stereocenters. The lowest BCUT2D eigenvalue weighted by Gasteiger charge is -2.45. The summed E-state index contributed by atoms with van der Waals surface area (Å²) in [5, 5.41) is 0. The molecule has 113 heavy (non-hydrogen) atoms. The molecule has 0 fully saturated rings. The van der Waals surface area contributed by atoms with E-state index in [0.717, 1.165) is 0 Å². The van der Waals surface area contributed by atoms with E-state index in [1.165, 1.54) is 0 Å². The van der Waals surface area contributed by atoms with E-state index in [-0.39, 0.29) is 0 Å². The standard InChI is InChI=1S/C57H172O28Si28/c1-86(2)60-89(8,9)62-91(12,13)64-93(16,17)66-95(20,21)68-97(24,25)70-99(28,29)72-101(32,33)74-103(36,37)76-105(40,41)78-107(44,45)80-109(48,49)82-111(52,53)84-113(56,57)85-112(54,55)83-110(50,51)81-108(46,47)79-106(42,43)77-104(38,39)75-102(34,35)73-100(30,31)71-98(26,27)69-96(22,23)67-94(18,19)65-92(14,15)63-90(10,11)61-88(6,7)59-58-87(3,4)5/h86H,1-57H3. The Balaban J connectivity index is 5.93. The molecule has 0 saturated heterocycles. The Morgan fingerprint density at radius 2 is 0.186 bits per heavy atom. The van der Waals surface area contributed by atoms with E-state index in [1.54, 1.807) is 0 Å². The van der Waals surface area contributed by atoms with Gasteiger partial charge in [0, 0.05) is 0 Å². The molecule has 0 rings (SSSR count). The summed E-state index contributed by atoms with van der Waals surface area (Å²) in [7, 11) is -76.7. The van der Waals surface area contributed by atoms with Crippen LogP contribution < -0.4 is 0 Å². The van der Waals surface area contributed by atoms with Crippen molar-refractivity contribution in [2.45, 2.75) is 373 Å². The van der Waals surface area contributed by atoms with Gasteiger partial charge in [0.2, 0.25) is 8.32 Å². The van der Waals surface area contributed by atoms with Crippen molar-refractivity contribution < 1.29 is 116 Å². The zero-order valence-electron chi connectivity index (χ0n) is 82.5. The molecule has 0 spiro atoms. The van der Waals surface area contributed by atoms with E-state index in [9.17, 15) is 0 Å². The first kappa shape index (κ1) is 118. The summed E-state index contributed by atoms with van der Waals surface area (Å²) in [4.78, 5) is 0. The molecule has 0 bridgehead atoms. The molecule has 0 amide bonds. The summed E-state index contributed by atoms with van der Waals surface area (Å²) in [6.07, 6.45) is 0. The van der Waals surface area contributed by atoms with Gasteiger partial charge in [-0.25, -0.2) is 0 Å². The molecular weight excluding hydrogens is 1920 g/mol. The molecular formula is C57H172O28Si28. The highest BCUT2D eigenvalue weighted by Crippen LogP contribution is 2.37. The summed E-state index contributed by atoms with van der Waals surface area (Å²) in [5.74, 6) is 0. The van der Waals surface area contributed by atoms with Crippen molar-refractivity contribution in [2.24, 2.45) is 0 Å². The van der Waals surface area contributed by atoms with Gasteiger partial charge < -0.3 is 107 Å². The molecule has 0 aliphatic heterocycles. The Morgan fingerprint density at radius 3 is 0.265 bits per heavy atom. The van der Waals surface area contributed by atoms with E-state index in [2.05, 4.69) is 308 Å². The van der Waals surface area contributed by atoms with E-state index in [1.807, 2.05) is 65.5 Å². The van der Waals surface area contributed by atoms with Crippen LogP contribution in [-0.2, 0) is 116 Å². The molecule has 0 aliphatic carbocycles. The van der Waals surface area contributed by atoms with Crippen molar-refractivity contribution in [1.82, 2.24) is 0 Å². The summed E-state index contributed by atoms with van der Waals surface area (Å²) in [6, 6.07) is 0. The van der Waals surface area contributed by atoms with Gasteiger partial charge in [0.05, 0.1) is 0 Å². The largest absolute Gasteiger partial charge is 0.440 e. The highest BCUT2D eigenvalue weighted by molar-refractivity contribution is 6.98. The number of hydrogen-bond donors (Lipinski definition) is 0. The quantitative estimate of drug-likeness (QED) is 0.0311. The monoisotopic (exact) mass is 2090 g/mol. The second-order valence-electron chi connectivity index (χ2n) is 42.4. The Labute approximate surface area is 722 Å². The Hall–Kier alpha value is 4.95. The third-order valence-corrected chi connectivity index (χ3v) is 117. The van der Waals surface area contributed by atoms with Gasteiger partial charge in [0.1, 0.15) is 0 Å². The van der Waals surface area contributed by atoms with Crippen molar-refractivity contribution in [3.8, 4) is 0 Å². The molecule has 28 nitrogen and oxygen atoms in total. The smallest absolute Gasteiger partial charge is 0.358 e. The average Bonchev–Trinajstić information content (AvgIpc) is 0.803. The fourth-order valence-electron chi connectivity index (χ4n) is 16.1. The van der Waals surface area contributed by atoms with Crippen molar-refractivity contribution in [2.75, 3.05) is 0 Å². The molecule has 56 heteroatoms. The van der Waals surface area contributed by atoms with Crippen molar-refractivity contribution in [1.29, 1.82) is 0 Å². The molecule has 0 aromatic rings. The lowest BCUT2D eigenvalue weighted by Crippen LogP contribution is -2.63. The van der Waals surface area contributed by atoms with E-state index in [4.69, 9.17) is 116 Å². The molecule has 0 radical (unpaired) electrons. The minimum Gasteiger partial charge on any atom is -0.440 e. The van der Waals surface area contributed by atoms with Gasteiger partial charge in [-0.1, -0.05) is 0 Å². The van der Waals surface area contributed by atoms with Crippen LogP contribution in [0.5, 0.6) is 0 Å². The Bertz CT molecular complexity index is 2950.